The highest BCUT2D eigenvalue weighted by Gasteiger charge is 2.41. The maximum atomic E-state index is 13.0. The van der Waals surface area contributed by atoms with E-state index >= 15 is 0 Å². The fourth-order valence-corrected chi connectivity index (χ4v) is 4.94. The molecule has 4 rings (SSSR count). The number of aryl methyl sites for hydroxylation is 2. The van der Waals surface area contributed by atoms with Crippen molar-refractivity contribution < 1.29 is 4.79 Å². The lowest BCUT2D eigenvalue weighted by Crippen LogP contribution is -2.34. The number of aromatic nitrogens is 1. The van der Waals surface area contributed by atoms with Crippen LogP contribution in [-0.2, 0) is 0 Å². The van der Waals surface area contributed by atoms with E-state index in [2.05, 4.69) is 52.0 Å². The van der Waals surface area contributed by atoms with Crippen molar-refractivity contribution in [3.8, 4) is 0 Å². The third kappa shape index (κ3) is 3.83. The molecule has 0 aliphatic carbocycles. The monoisotopic (exact) mass is 377 g/mol. The van der Waals surface area contributed by atoms with Gasteiger partial charge in [-0.3, -0.25) is 9.78 Å². The van der Waals surface area contributed by atoms with Crippen molar-refractivity contribution >= 4 is 5.91 Å². The molecule has 148 valence electrons. The van der Waals surface area contributed by atoms with Crippen LogP contribution in [0.4, 0.5) is 0 Å². The van der Waals surface area contributed by atoms with Crippen molar-refractivity contribution in [1.29, 1.82) is 0 Å². The van der Waals surface area contributed by atoms with E-state index in [0.717, 1.165) is 49.5 Å². The number of pyridine rings is 1. The Balaban J connectivity index is 1.31. The second-order valence-corrected chi connectivity index (χ2v) is 8.68. The van der Waals surface area contributed by atoms with Crippen molar-refractivity contribution in [2.45, 2.75) is 33.1 Å². The zero-order chi connectivity index (χ0) is 19.7. The Morgan fingerprint density at radius 2 is 1.75 bits per heavy atom. The molecule has 4 heteroatoms. The summed E-state index contributed by atoms with van der Waals surface area (Å²) in [6.07, 6.45) is 2.98. The van der Waals surface area contributed by atoms with Gasteiger partial charge in [0.25, 0.3) is 5.91 Å². The summed E-state index contributed by atoms with van der Waals surface area (Å²) in [5.41, 5.74) is 4.11. The molecule has 3 unspecified atom stereocenters. The summed E-state index contributed by atoms with van der Waals surface area (Å²) < 4.78 is 0. The van der Waals surface area contributed by atoms with Crippen molar-refractivity contribution in [2.75, 3.05) is 32.7 Å². The quantitative estimate of drug-likeness (QED) is 0.793. The summed E-state index contributed by atoms with van der Waals surface area (Å²) in [6.45, 7) is 11.5. The SMILES string of the molecule is Cc1ccnc(C)c1C(=O)N1CC2CN(CCC(C)c3ccccc3)CC2C1. The summed E-state index contributed by atoms with van der Waals surface area (Å²) in [5.74, 6) is 2.00. The Labute approximate surface area is 168 Å². The first-order valence-corrected chi connectivity index (χ1v) is 10.5. The number of hydrogen-bond donors (Lipinski definition) is 0. The van der Waals surface area contributed by atoms with Crippen LogP contribution in [0.5, 0.6) is 0 Å². The predicted octanol–water partition coefficient (Wildman–Crippen LogP) is 3.90. The van der Waals surface area contributed by atoms with E-state index < -0.39 is 0 Å². The molecule has 0 saturated carbocycles. The highest BCUT2D eigenvalue weighted by molar-refractivity contribution is 5.96. The maximum Gasteiger partial charge on any atom is 0.255 e. The molecule has 3 heterocycles. The van der Waals surface area contributed by atoms with Gasteiger partial charge in [-0.05, 0) is 61.8 Å². The van der Waals surface area contributed by atoms with Gasteiger partial charge in [0.05, 0.1) is 11.3 Å². The zero-order valence-corrected chi connectivity index (χ0v) is 17.3. The average Bonchev–Trinajstić information content (AvgIpc) is 3.25. The number of nitrogens with zero attached hydrogens (tertiary/aromatic N) is 3. The third-order valence-electron chi connectivity index (χ3n) is 6.66. The van der Waals surface area contributed by atoms with E-state index in [4.69, 9.17) is 0 Å². The van der Waals surface area contributed by atoms with E-state index in [1.807, 2.05) is 19.9 Å². The van der Waals surface area contributed by atoms with Gasteiger partial charge in [-0.1, -0.05) is 37.3 Å². The van der Waals surface area contributed by atoms with Gasteiger partial charge < -0.3 is 9.80 Å². The molecule has 1 amide bonds. The molecule has 2 aliphatic heterocycles. The first-order chi connectivity index (χ1) is 13.5. The average molecular weight is 378 g/mol. The summed E-state index contributed by atoms with van der Waals surface area (Å²) in [4.78, 5) is 22.0. The van der Waals surface area contributed by atoms with Crippen LogP contribution in [0.15, 0.2) is 42.6 Å². The van der Waals surface area contributed by atoms with Gasteiger partial charge in [0, 0.05) is 32.4 Å². The highest BCUT2D eigenvalue weighted by atomic mass is 16.2. The number of amides is 1. The number of carbonyl (C=O) groups excluding carboxylic acids is 1. The summed E-state index contributed by atoms with van der Waals surface area (Å²) in [6, 6.07) is 12.7. The molecule has 0 N–H and O–H groups in total. The van der Waals surface area contributed by atoms with Gasteiger partial charge in [-0.2, -0.15) is 0 Å². The largest absolute Gasteiger partial charge is 0.338 e. The molecule has 3 atom stereocenters. The van der Waals surface area contributed by atoms with Crippen LogP contribution in [0.1, 0.15) is 46.4 Å². The van der Waals surface area contributed by atoms with Gasteiger partial charge in [0.1, 0.15) is 0 Å². The first kappa shape index (κ1) is 19.1. The molecule has 4 nitrogen and oxygen atoms in total. The van der Waals surface area contributed by atoms with Crippen LogP contribution in [0.3, 0.4) is 0 Å². The zero-order valence-electron chi connectivity index (χ0n) is 17.3. The Morgan fingerprint density at radius 1 is 1.07 bits per heavy atom. The van der Waals surface area contributed by atoms with Crippen LogP contribution in [-0.4, -0.2) is 53.4 Å². The lowest BCUT2D eigenvalue weighted by Gasteiger charge is -2.23. The summed E-state index contributed by atoms with van der Waals surface area (Å²) >= 11 is 0. The molecule has 1 aromatic carbocycles. The van der Waals surface area contributed by atoms with E-state index in [-0.39, 0.29) is 5.91 Å². The van der Waals surface area contributed by atoms with Crippen molar-refractivity contribution in [2.24, 2.45) is 11.8 Å². The van der Waals surface area contributed by atoms with Gasteiger partial charge in [-0.15, -0.1) is 0 Å². The van der Waals surface area contributed by atoms with Crippen molar-refractivity contribution in [3.63, 3.8) is 0 Å². The Morgan fingerprint density at radius 3 is 2.39 bits per heavy atom. The molecule has 0 radical (unpaired) electrons. The number of benzene rings is 1. The van der Waals surface area contributed by atoms with E-state index in [0.29, 0.717) is 17.8 Å². The smallest absolute Gasteiger partial charge is 0.255 e. The molecule has 28 heavy (non-hydrogen) atoms. The molecular weight excluding hydrogens is 346 g/mol. The number of carbonyl (C=O) groups is 1. The van der Waals surface area contributed by atoms with Gasteiger partial charge >= 0.3 is 0 Å². The molecular formula is C24H31N3O. The standard InChI is InChI=1S/C24H31N3O/c1-17(20-7-5-4-6-8-20)10-12-26-13-21-15-27(16-22(21)14-26)24(28)23-18(2)9-11-25-19(23)3/h4-9,11,17,21-22H,10,12-16H2,1-3H3. The van der Waals surface area contributed by atoms with Crippen molar-refractivity contribution in [3.05, 3.63) is 65.0 Å². The Hall–Kier alpha value is -2.20. The topological polar surface area (TPSA) is 36.4 Å². The van der Waals surface area contributed by atoms with Gasteiger partial charge in [0.2, 0.25) is 0 Å². The van der Waals surface area contributed by atoms with Crippen LogP contribution in [0, 0.1) is 25.7 Å². The minimum Gasteiger partial charge on any atom is -0.338 e. The number of hydrogen-bond acceptors (Lipinski definition) is 3. The maximum absolute atomic E-state index is 13.0. The Kier molecular flexibility index (Phi) is 5.49. The minimum atomic E-state index is 0.168. The fraction of sp³-hybridized carbons (Fsp3) is 0.500. The second kappa shape index (κ2) is 8.04. The van der Waals surface area contributed by atoms with Gasteiger partial charge in [0.15, 0.2) is 0 Å². The summed E-state index contributed by atoms with van der Waals surface area (Å²) in [7, 11) is 0. The molecule has 0 spiro atoms. The molecule has 1 aromatic heterocycles. The van der Waals surface area contributed by atoms with Crippen LogP contribution in [0.2, 0.25) is 0 Å². The van der Waals surface area contributed by atoms with Gasteiger partial charge in [-0.25, -0.2) is 0 Å². The fourth-order valence-electron chi connectivity index (χ4n) is 4.94. The molecule has 2 saturated heterocycles. The van der Waals surface area contributed by atoms with E-state index in [1.165, 1.54) is 12.0 Å². The molecule has 2 fully saturated rings. The lowest BCUT2D eigenvalue weighted by molar-refractivity contribution is 0.0772. The number of likely N-dealkylation sites (tertiary alicyclic amines) is 2. The molecule has 2 aliphatic rings. The highest BCUT2D eigenvalue weighted by Crippen LogP contribution is 2.33. The second-order valence-electron chi connectivity index (χ2n) is 8.68. The van der Waals surface area contributed by atoms with Crippen LogP contribution >= 0.6 is 0 Å². The van der Waals surface area contributed by atoms with Crippen molar-refractivity contribution in [1.82, 2.24) is 14.8 Å². The summed E-state index contributed by atoms with van der Waals surface area (Å²) in [5, 5.41) is 0. The lowest BCUT2D eigenvalue weighted by atomic mass is 9.98. The Bertz CT molecular complexity index is 801. The molecule has 2 aromatic rings. The number of fused-ring (bicyclic) bond motifs is 1. The van der Waals surface area contributed by atoms with E-state index in [9.17, 15) is 4.79 Å². The molecule has 0 bridgehead atoms. The minimum absolute atomic E-state index is 0.168. The van der Waals surface area contributed by atoms with Crippen LogP contribution < -0.4 is 0 Å². The predicted molar refractivity (Wildman–Crippen MR) is 113 cm³/mol. The van der Waals surface area contributed by atoms with E-state index in [1.54, 1.807) is 6.20 Å². The number of rotatable bonds is 5. The third-order valence-corrected chi connectivity index (χ3v) is 6.66. The van der Waals surface area contributed by atoms with Crippen LogP contribution in [0.25, 0.3) is 0 Å². The normalized spacial score (nSPS) is 23.0. The first-order valence-electron chi connectivity index (χ1n) is 10.5.